The van der Waals surface area contributed by atoms with E-state index in [9.17, 15) is 13.6 Å². The van der Waals surface area contributed by atoms with Crippen LogP contribution in [0.3, 0.4) is 0 Å². The second kappa shape index (κ2) is 5.81. The van der Waals surface area contributed by atoms with E-state index in [1.807, 2.05) is 0 Å². The van der Waals surface area contributed by atoms with Crippen molar-refractivity contribution in [2.24, 2.45) is 5.73 Å². The number of aromatic nitrogens is 2. The minimum absolute atomic E-state index is 0.145. The lowest BCUT2D eigenvalue weighted by molar-refractivity contribution is -0.114. The van der Waals surface area contributed by atoms with E-state index in [1.54, 1.807) is 11.4 Å². The third kappa shape index (κ3) is 3.30. The second-order valence-corrected chi connectivity index (χ2v) is 4.40. The number of carbonyl (C=O) groups excluding carboxylic acids is 1. The van der Waals surface area contributed by atoms with Crippen molar-refractivity contribution in [1.82, 2.24) is 9.97 Å². The van der Waals surface area contributed by atoms with Crippen LogP contribution in [0.1, 0.15) is 12.1 Å². The first-order valence-electron chi connectivity index (χ1n) is 5.31. The molecule has 0 aliphatic carbocycles. The number of carbonyl (C=O) groups is 1. The van der Waals surface area contributed by atoms with Gasteiger partial charge in [0.05, 0.1) is 12.2 Å². The van der Waals surface area contributed by atoms with Crippen LogP contribution in [0.15, 0.2) is 23.6 Å². The molecule has 0 bridgehead atoms. The summed E-state index contributed by atoms with van der Waals surface area (Å²) >= 11 is 1.18. The second-order valence-electron chi connectivity index (χ2n) is 3.54. The highest BCUT2D eigenvalue weighted by atomic mass is 32.1. The van der Waals surface area contributed by atoms with Gasteiger partial charge in [0.25, 0.3) is 6.43 Å². The van der Waals surface area contributed by atoms with Crippen LogP contribution in [-0.2, 0) is 4.79 Å². The van der Waals surface area contributed by atoms with E-state index in [0.29, 0.717) is 16.5 Å². The standard InChI is InChI=1S/C11H10F2N4OS/c12-10(13)7-3-1-2-6(15-7)8-5-19-11(16-8)17-9(18)4-14/h1-3,5,10H,4,14H2,(H,16,17,18). The number of pyridine rings is 1. The van der Waals surface area contributed by atoms with Crippen LogP contribution in [0.4, 0.5) is 13.9 Å². The van der Waals surface area contributed by atoms with Gasteiger partial charge in [-0.3, -0.25) is 4.79 Å². The fraction of sp³-hybridized carbons (Fsp3) is 0.182. The Morgan fingerprint density at radius 2 is 2.16 bits per heavy atom. The molecule has 0 saturated carbocycles. The Morgan fingerprint density at radius 3 is 2.84 bits per heavy atom. The van der Waals surface area contributed by atoms with Crippen LogP contribution < -0.4 is 11.1 Å². The molecule has 2 aromatic heterocycles. The predicted octanol–water partition coefficient (Wildman–Crippen LogP) is 2.04. The fourth-order valence-corrected chi connectivity index (χ4v) is 2.06. The number of nitrogens with two attached hydrogens (primary N) is 1. The molecule has 19 heavy (non-hydrogen) atoms. The summed E-state index contributed by atoms with van der Waals surface area (Å²) in [4.78, 5) is 19.0. The van der Waals surface area contributed by atoms with Crippen molar-refractivity contribution in [1.29, 1.82) is 0 Å². The van der Waals surface area contributed by atoms with Gasteiger partial charge >= 0.3 is 0 Å². The zero-order valence-corrected chi connectivity index (χ0v) is 10.5. The van der Waals surface area contributed by atoms with E-state index < -0.39 is 6.43 Å². The van der Waals surface area contributed by atoms with E-state index in [4.69, 9.17) is 5.73 Å². The van der Waals surface area contributed by atoms with Crippen molar-refractivity contribution >= 4 is 22.4 Å². The molecule has 1 amide bonds. The first-order valence-corrected chi connectivity index (χ1v) is 6.19. The van der Waals surface area contributed by atoms with Gasteiger partial charge in [-0.25, -0.2) is 18.7 Å². The van der Waals surface area contributed by atoms with E-state index in [2.05, 4.69) is 15.3 Å². The van der Waals surface area contributed by atoms with Gasteiger partial charge in [-0.2, -0.15) is 0 Å². The Morgan fingerprint density at radius 1 is 1.37 bits per heavy atom. The summed E-state index contributed by atoms with van der Waals surface area (Å²) in [5, 5.41) is 4.47. The molecule has 2 aromatic rings. The van der Waals surface area contributed by atoms with Crippen LogP contribution in [0.25, 0.3) is 11.4 Å². The lowest BCUT2D eigenvalue weighted by Crippen LogP contribution is -2.21. The summed E-state index contributed by atoms with van der Waals surface area (Å²) in [6.07, 6.45) is -2.63. The largest absolute Gasteiger partial charge is 0.322 e. The van der Waals surface area contributed by atoms with Crippen LogP contribution >= 0.6 is 11.3 Å². The van der Waals surface area contributed by atoms with Crippen molar-refractivity contribution in [2.75, 3.05) is 11.9 Å². The predicted molar refractivity (Wildman–Crippen MR) is 68.0 cm³/mol. The summed E-state index contributed by atoms with van der Waals surface area (Å²) in [5.74, 6) is -0.366. The van der Waals surface area contributed by atoms with Crippen molar-refractivity contribution in [3.05, 3.63) is 29.3 Å². The first-order chi connectivity index (χ1) is 9.10. The monoisotopic (exact) mass is 284 g/mol. The summed E-state index contributed by atoms with van der Waals surface area (Å²) in [7, 11) is 0. The topological polar surface area (TPSA) is 80.9 Å². The van der Waals surface area contributed by atoms with Gasteiger partial charge < -0.3 is 11.1 Å². The Kier molecular flexibility index (Phi) is 4.13. The molecule has 8 heteroatoms. The van der Waals surface area contributed by atoms with Gasteiger partial charge in [0.15, 0.2) is 5.13 Å². The van der Waals surface area contributed by atoms with Crippen LogP contribution in [0.5, 0.6) is 0 Å². The molecule has 0 spiro atoms. The number of thiazole rings is 1. The number of rotatable bonds is 4. The number of hydrogen-bond acceptors (Lipinski definition) is 5. The van der Waals surface area contributed by atoms with Gasteiger partial charge in [0, 0.05) is 5.38 Å². The fourth-order valence-electron chi connectivity index (χ4n) is 1.33. The third-order valence-corrected chi connectivity index (χ3v) is 2.95. The summed E-state index contributed by atoms with van der Waals surface area (Å²) in [6, 6.07) is 4.31. The lowest BCUT2D eigenvalue weighted by atomic mass is 10.2. The molecular formula is C11H10F2N4OS. The van der Waals surface area contributed by atoms with E-state index in [-0.39, 0.29) is 18.1 Å². The average molecular weight is 284 g/mol. The number of hydrogen-bond donors (Lipinski definition) is 2. The van der Waals surface area contributed by atoms with Gasteiger partial charge in [0.2, 0.25) is 5.91 Å². The quantitative estimate of drug-likeness (QED) is 0.900. The Hall–Kier alpha value is -1.93. The molecule has 0 fully saturated rings. The third-order valence-electron chi connectivity index (χ3n) is 2.19. The molecule has 0 aliphatic rings. The van der Waals surface area contributed by atoms with E-state index in [1.165, 1.54) is 23.5 Å². The number of amides is 1. The summed E-state index contributed by atoms with van der Waals surface area (Å²) in [6.45, 7) is -0.145. The van der Waals surface area contributed by atoms with Crippen molar-refractivity contribution in [3.8, 4) is 11.4 Å². The smallest absolute Gasteiger partial charge is 0.280 e. The Bertz CT molecular complexity index is 588. The van der Waals surface area contributed by atoms with E-state index in [0.717, 1.165) is 0 Å². The molecule has 0 saturated heterocycles. The highest BCUT2D eigenvalue weighted by Gasteiger charge is 2.12. The maximum absolute atomic E-state index is 12.5. The average Bonchev–Trinajstić information content (AvgIpc) is 2.87. The molecule has 2 rings (SSSR count). The van der Waals surface area contributed by atoms with Crippen molar-refractivity contribution < 1.29 is 13.6 Å². The molecule has 2 heterocycles. The minimum Gasteiger partial charge on any atom is -0.322 e. The number of nitrogens with one attached hydrogen (secondary N) is 1. The van der Waals surface area contributed by atoms with Crippen LogP contribution in [0.2, 0.25) is 0 Å². The lowest BCUT2D eigenvalue weighted by Gasteiger charge is -2.01. The summed E-state index contributed by atoms with van der Waals surface area (Å²) < 4.78 is 25.1. The first kappa shape index (κ1) is 13.5. The molecule has 3 N–H and O–H groups in total. The van der Waals surface area contributed by atoms with Crippen molar-refractivity contribution in [3.63, 3.8) is 0 Å². The Balaban J connectivity index is 2.22. The maximum Gasteiger partial charge on any atom is 0.280 e. The highest BCUT2D eigenvalue weighted by Crippen LogP contribution is 2.25. The van der Waals surface area contributed by atoms with Crippen LogP contribution in [-0.4, -0.2) is 22.4 Å². The van der Waals surface area contributed by atoms with Crippen LogP contribution in [0, 0.1) is 0 Å². The zero-order chi connectivity index (χ0) is 13.8. The molecular weight excluding hydrogens is 274 g/mol. The van der Waals surface area contributed by atoms with Gasteiger partial charge in [-0.15, -0.1) is 11.3 Å². The normalized spacial score (nSPS) is 10.7. The molecule has 0 aromatic carbocycles. The van der Waals surface area contributed by atoms with E-state index >= 15 is 0 Å². The number of alkyl halides is 2. The van der Waals surface area contributed by atoms with Gasteiger partial charge in [-0.1, -0.05) is 6.07 Å². The van der Waals surface area contributed by atoms with Gasteiger partial charge in [0.1, 0.15) is 11.4 Å². The number of halogens is 2. The zero-order valence-electron chi connectivity index (χ0n) is 9.64. The number of anilines is 1. The molecule has 0 unspecified atom stereocenters. The molecule has 5 nitrogen and oxygen atoms in total. The number of nitrogens with zero attached hydrogens (tertiary/aromatic N) is 2. The molecule has 0 atom stereocenters. The molecule has 0 radical (unpaired) electrons. The minimum atomic E-state index is -2.63. The maximum atomic E-state index is 12.5. The van der Waals surface area contributed by atoms with Gasteiger partial charge in [-0.05, 0) is 12.1 Å². The SMILES string of the molecule is NCC(=O)Nc1nc(-c2cccc(C(F)F)n2)cs1. The van der Waals surface area contributed by atoms with Crippen molar-refractivity contribution in [2.45, 2.75) is 6.43 Å². The molecule has 100 valence electrons. The molecule has 0 aliphatic heterocycles. The highest BCUT2D eigenvalue weighted by molar-refractivity contribution is 7.14. The Labute approximate surface area is 111 Å². The summed E-state index contributed by atoms with van der Waals surface area (Å²) in [5.41, 5.74) is 5.62.